The molecule has 0 aliphatic heterocycles. The summed E-state index contributed by atoms with van der Waals surface area (Å²) < 4.78 is 0. The van der Waals surface area contributed by atoms with Crippen molar-refractivity contribution in [2.75, 3.05) is 0 Å². The van der Waals surface area contributed by atoms with Crippen LogP contribution in [-0.2, 0) is 5.41 Å². The highest BCUT2D eigenvalue weighted by Crippen LogP contribution is 2.39. The zero-order chi connectivity index (χ0) is 19.6. The molecular formula is C23H23NO3. The van der Waals surface area contributed by atoms with E-state index in [-0.39, 0.29) is 11.0 Å². The maximum absolute atomic E-state index is 10.9. The van der Waals surface area contributed by atoms with Crippen LogP contribution in [0.15, 0.2) is 59.8 Å². The summed E-state index contributed by atoms with van der Waals surface area (Å²) in [6.07, 6.45) is 6.78. The SMILES string of the molecule is CC1=CCC(C)(C)c2cc(C(C=Cc3ccc(C(=O)O)cc3)=NO)ccc21. The van der Waals surface area contributed by atoms with Gasteiger partial charge in [-0.05, 0) is 65.3 Å². The number of carboxylic acid groups (broad SMARTS) is 1. The lowest BCUT2D eigenvalue weighted by atomic mass is 9.73. The first-order chi connectivity index (χ1) is 12.8. The molecule has 1 aliphatic carbocycles. The fraction of sp³-hybridized carbons (Fsp3) is 0.217. The molecule has 0 saturated carbocycles. The highest BCUT2D eigenvalue weighted by Gasteiger charge is 2.27. The van der Waals surface area contributed by atoms with Gasteiger partial charge >= 0.3 is 5.97 Å². The molecule has 3 rings (SSSR count). The Morgan fingerprint density at radius 2 is 1.78 bits per heavy atom. The van der Waals surface area contributed by atoms with Gasteiger partial charge in [0.15, 0.2) is 0 Å². The molecule has 4 heteroatoms. The highest BCUT2D eigenvalue weighted by molar-refractivity contribution is 6.10. The van der Waals surface area contributed by atoms with Crippen LogP contribution in [0, 0.1) is 0 Å². The zero-order valence-corrected chi connectivity index (χ0v) is 15.7. The molecule has 2 aromatic carbocycles. The Kier molecular flexibility index (Phi) is 5.00. The minimum absolute atomic E-state index is 0.0296. The second-order valence-electron chi connectivity index (χ2n) is 7.48. The number of rotatable bonds is 4. The molecule has 0 saturated heterocycles. The van der Waals surface area contributed by atoms with Gasteiger partial charge in [0.1, 0.15) is 5.71 Å². The van der Waals surface area contributed by atoms with Gasteiger partial charge in [-0.1, -0.05) is 55.4 Å². The second kappa shape index (κ2) is 7.23. The van der Waals surface area contributed by atoms with Crippen LogP contribution in [0.1, 0.15) is 59.8 Å². The molecular weight excluding hydrogens is 338 g/mol. The van der Waals surface area contributed by atoms with Crippen molar-refractivity contribution in [3.8, 4) is 0 Å². The number of carboxylic acids is 1. The topological polar surface area (TPSA) is 69.9 Å². The first kappa shape index (κ1) is 18.6. The molecule has 138 valence electrons. The number of aromatic carboxylic acids is 1. The number of hydrogen-bond donors (Lipinski definition) is 2. The average Bonchev–Trinajstić information content (AvgIpc) is 2.66. The van der Waals surface area contributed by atoms with E-state index in [9.17, 15) is 10.0 Å². The van der Waals surface area contributed by atoms with Crippen LogP contribution in [0.5, 0.6) is 0 Å². The summed E-state index contributed by atoms with van der Waals surface area (Å²) in [5, 5.41) is 21.9. The molecule has 0 unspecified atom stereocenters. The van der Waals surface area contributed by atoms with E-state index in [0.29, 0.717) is 5.71 Å². The van der Waals surface area contributed by atoms with Crippen molar-refractivity contribution < 1.29 is 15.1 Å². The number of fused-ring (bicyclic) bond motifs is 1. The second-order valence-corrected chi connectivity index (χ2v) is 7.48. The van der Waals surface area contributed by atoms with Gasteiger partial charge in [-0.25, -0.2) is 4.79 Å². The average molecular weight is 361 g/mol. The van der Waals surface area contributed by atoms with E-state index in [0.717, 1.165) is 17.5 Å². The number of nitrogens with zero attached hydrogens (tertiary/aromatic N) is 1. The van der Waals surface area contributed by atoms with Crippen LogP contribution >= 0.6 is 0 Å². The third kappa shape index (κ3) is 3.85. The molecule has 27 heavy (non-hydrogen) atoms. The predicted molar refractivity (Wildman–Crippen MR) is 108 cm³/mol. The van der Waals surface area contributed by atoms with Gasteiger partial charge in [-0.3, -0.25) is 0 Å². The lowest BCUT2D eigenvalue weighted by molar-refractivity contribution is 0.0697. The molecule has 1 aliphatic rings. The molecule has 0 fully saturated rings. The number of oxime groups is 1. The van der Waals surface area contributed by atoms with Crippen molar-refractivity contribution in [2.45, 2.75) is 32.6 Å². The van der Waals surface area contributed by atoms with E-state index >= 15 is 0 Å². The maximum Gasteiger partial charge on any atom is 0.335 e. The number of carbonyl (C=O) groups is 1. The molecule has 2 N–H and O–H groups in total. The Morgan fingerprint density at radius 1 is 1.11 bits per heavy atom. The molecule has 0 atom stereocenters. The largest absolute Gasteiger partial charge is 0.478 e. The summed E-state index contributed by atoms with van der Waals surface area (Å²) in [5.41, 5.74) is 6.16. The Bertz CT molecular complexity index is 964. The molecule has 0 spiro atoms. The normalized spacial score (nSPS) is 16.1. The fourth-order valence-electron chi connectivity index (χ4n) is 3.33. The molecule has 0 heterocycles. The molecule has 0 radical (unpaired) electrons. The van der Waals surface area contributed by atoms with Crippen LogP contribution in [0.3, 0.4) is 0 Å². The van der Waals surface area contributed by atoms with Gasteiger partial charge < -0.3 is 10.3 Å². The monoisotopic (exact) mass is 361 g/mol. The fourth-order valence-corrected chi connectivity index (χ4v) is 3.33. The van der Waals surface area contributed by atoms with Crippen molar-refractivity contribution >= 4 is 23.3 Å². The Balaban J connectivity index is 1.91. The van der Waals surface area contributed by atoms with Gasteiger partial charge in [0.2, 0.25) is 0 Å². The minimum Gasteiger partial charge on any atom is -0.478 e. The van der Waals surface area contributed by atoms with Crippen molar-refractivity contribution in [1.82, 2.24) is 0 Å². The van der Waals surface area contributed by atoms with Gasteiger partial charge in [-0.2, -0.15) is 0 Å². The Hall–Kier alpha value is -3.14. The molecule has 0 amide bonds. The minimum atomic E-state index is -0.954. The van der Waals surface area contributed by atoms with Crippen LogP contribution in [-0.4, -0.2) is 22.0 Å². The van der Waals surface area contributed by atoms with Crippen LogP contribution in [0.25, 0.3) is 11.6 Å². The van der Waals surface area contributed by atoms with E-state index in [4.69, 9.17) is 5.11 Å². The summed E-state index contributed by atoms with van der Waals surface area (Å²) in [5.74, 6) is -0.954. The van der Waals surface area contributed by atoms with E-state index in [1.807, 2.05) is 6.07 Å². The van der Waals surface area contributed by atoms with Gasteiger partial charge in [0, 0.05) is 5.56 Å². The third-order valence-electron chi connectivity index (χ3n) is 5.09. The summed E-state index contributed by atoms with van der Waals surface area (Å²) in [6, 6.07) is 12.7. The van der Waals surface area contributed by atoms with E-state index in [1.165, 1.54) is 16.7 Å². The highest BCUT2D eigenvalue weighted by atomic mass is 16.4. The Morgan fingerprint density at radius 3 is 2.41 bits per heavy atom. The van der Waals surface area contributed by atoms with Gasteiger partial charge in [0.25, 0.3) is 0 Å². The third-order valence-corrected chi connectivity index (χ3v) is 5.09. The summed E-state index contributed by atoms with van der Waals surface area (Å²) in [7, 11) is 0. The maximum atomic E-state index is 10.9. The van der Waals surface area contributed by atoms with E-state index in [2.05, 4.69) is 44.1 Å². The first-order valence-corrected chi connectivity index (χ1v) is 8.87. The number of benzene rings is 2. The van der Waals surface area contributed by atoms with Gasteiger partial charge in [0.05, 0.1) is 5.56 Å². The number of hydrogen-bond acceptors (Lipinski definition) is 3. The predicted octanol–water partition coefficient (Wildman–Crippen LogP) is 5.36. The zero-order valence-electron chi connectivity index (χ0n) is 15.7. The van der Waals surface area contributed by atoms with Crippen molar-refractivity contribution in [2.24, 2.45) is 5.16 Å². The number of allylic oxidation sites excluding steroid dienone is 3. The lowest BCUT2D eigenvalue weighted by Crippen LogP contribution is -2.21. The van der Waals surface area contributed by atoms with Crippen molar-refractivity contribution in [3.05, 3.63) is 82.4 Å². The standard InChI is InChI=1S/C23H23NO3/c1-15-12-13-23(2,3)20-14-18(9-10-19(15)20)21(24-27)11-6-16-4-7-17(8-5-16)22(25)26/h4-12,14,27H,13H2,1-3H3,(H,25,26). The summed E-state index contributed by atoms with van der Waals surface area (Å²) in [6.45, 7) is 6.55. The first-order valence-electron chi connectivity index (χ1n) is 8.87. The van der Waals surface area contributed by atoms with E-state index < -0.39 is 5.97 Å². The quantitative estimate of drug-likeness (QED) is 0.437. The van der Waals surface area contributed by atoms with Crippen LogP contribution in [0.4, 0.5) is 0 Å². The van der Waals surface area contributed by atoms with Crippen molar-refractivity contribution in [3.63, 3.8) is 0 Å². The molecule has 2 aromatic rings. The molecule has 4 nitrogen and oxygen atoms in total. The molecule has 0 aromatic heterocycles. The van der Waals surface area contributed by atoms with Crippen molar-refractivity contribution in [1.29, 1.82) is 0 Å². The van der Waals surface area contributed by atoms with Gasteiger partial charge in [-0.15, -0.1) is 0 Å². The summed E-state index contributed by atoms with van der Waals surface area (Å²) >= 11 is 0. The molecule has 0 bridgehead atoms. The smallest absolute Gasteiger partial charge is 0.335 e. The lowest BCUT2D eigenvalue weighted by Gasteiger charge is -2.31. The summed E-state index contributed by atoms with van der Waals surface area (Å²) in [4.78, 5) is 10.9. The Labute approximate surface area is 159 Å². The van der Waals surface area contributed by atoms with Crippen LogP contribution < -0.4 is 0 Å². The van der Waals surface area contributed by atoms with E-state index in [1.54, 1.807) is 36.4 Å². The van der Waals surface area contributed by atoms with Crippen LogP contribution in [0.2, 0.25) is 0 Å².